The molecule has 20 heavy (non-hydrogen) atoms. The van der Waals surface area contributed by atoms with Gasteiger partial charge in [-0.15, -0.1) is 0 Å². The fraction of sp³-hybridized carbons (Fsp3) is 0.167. The molecule has 0 fully saturated rings. The lowest BCUT2D eigenvalue weighted by molar-refractivity contribution is -0.140. The highest BCUT2D eigenvalue weighted by molar-refractivity contribution is 5.84. The summed E-state index contributed by atoms with van der Waals surface area (Å²) in [5.74, 6) is 0.562. The van der Waals surface area contributed by atoms with Crippen molar-refractivity contribution in [1.82, 2.24) is 15.1 Å². The molecule has 0 bridgehead atoms. The molecule has 3 rings (SSSR count). The number of hydrogen-bond acceptors (Lipinski definition) is 4. The number of nitrogens with one attached hydrogen (secondary N) is 1. The van der Waals surface area contributed by atoms with Crippen LogP contribution in [0.4, 0.5) is 13.2 Å². The van der Waals surface area contributed by atoms with Crippen molar-refractivity contribution >= 4 is 10.9 Å². The molecular formula is C12H9F3N4O. The van der Waals surface area contributed by atoms with Crippen LogP contribution in [0.5, 0.6) is 0 Å². The van der Waals surface area contributed by atoms with Gasteiger partial charge in [0.2, 0.25) is 11.7 Å². The first-order chi connectivity index (χ1) is 9.47. The van der Waals surface area contributed by atoms with Gasteiger partial charge in [-0.1, -0.05) is 5.16 Å². The number of H-pyrrole nitrogens is 1. The summed E-state index contributed by atoms with van der Waals surface area (Å²) >= 11 is 0. The van der Waals surface area contributed by atoms with Crippen molar-refractivity contribution in [2.75, 3.05) is 0 Å². The van der Waals surface area contributed by atoms with Crippen molar-refractivity contribution < 1.29 is 17.7 Å². The van der Waals surface area contributed by atoms with Gasteiger partial charge in [-0.05, 0) is 24.3 Å². The van der Waals surface area contributed by atoms with Gasteiger partial charge in [0, 0.05) is 16.5 Å². The number of benzene rings is 1. The third kappa shape index (κ3) is 2.14. The number of rotatable bonds is 2. The molecule has 3 aromatic rings. The molecule has 3 N–H and O–H groups in total. The lowest BCUT2D eigenvalue weighted by Gasteiger charge is -2.00. The second kappa shape index (κ2) is 4.34. The molecule has 0 spiro atoms. The number of nitrogens with two attached hydrogens (primary N) is 1. The molecule has 8 heteroatoms. The molecule has 0 saturated carbocycles. The fourth-order valence-electron chi connectivity index (χ4n) is 1.88. The normalized spacial score (nSPS) is 12.2. The van der Waals surface area contributed by atoms with Crippen molar-refractivity contribution in [2.24, 2.45) is 5.73 Å². The van der Waals surface area contributed by atoms with E-state index in [-0.39, 0.29) is 12.4 Å². The standard InChI is InChI=1S/C12H9F3N4O/c13-12(14,15)9-4-7-3-6(1-2-8(7)17-9)11-18-10(5-16)20-19-11/h1-4,17H,5,16H2. The van der Waals surface area contributed by atoms with E-state index in [9.17, 15) is 13.2 Å². The number of halogens is 3. The average molecular weight is 282 g/mol. The van der Waals surface area contributed by atoms with Crippen molar-refractivity contribution in [2.45, 2.75) is 12.7 Å². The van der Waals surface area contributed by atoms with Crippen molar-refractivity contribution in [3.05, 3.63) is 35.9 Å². The van der Waals surface area contributed by atoms with Gasteiger partial charge >= 0.3 is 6.18 Å². The predicted molar refractivity (Wildman–Crippen MR) is 64.5 cm³/mol. The van der Waals surface area contributed by atoms with Crippen LogP contribution in [0.25, 0.3) is 22.3 Å². The molecule has 5 nitrogen and oxygen atoms in total. The highest BCUT2D eigenvalue weighted by Crippen LogP contribution is 2.32. The van der Waals surface area contributed by atoms with Gasteiger partial charge in [-0.25, -0.2) is 0 Å². The predicted octanol–water partition coefficient (Wildman–Crippen LogP) is 2.70. The van der Waals surface area contributed by atoms with Crippen molar-refractivity contribution in [1.29, 1.82) is 0 Å². The van der Waals surface area contributed by atoms with Crippen molar-refractivity contribution in [3.63, 3.8) is 0 Å². The molecular weight excluding hydrogens is 273 g/mol. The van der Waals surface area contributed by atoms with Crippen LogP contribution in [-0.2, 0) is 12.7 Å². The summed E-state index contributed by atoms with van der Waals surface area (Å²) in [5, 5.41) is 4.15. The Kier molecular flexibility index (Phi) is 2.75. The first-order valence-corrected chi connectivity index (χ1v) is 5.70. The largest absolute Gasteiger partial charge is 0.431 e. The molecule has 2 aromatic heterocycles. The number of aromatic nitrogens is 3. The Morgan fingerprint density at radius 3 is 2.70 bits per heavy atom. The van der Waals surface area contributed by atoms with Crippen LogP contribution < -0.4 is 5.73 Å². The van der Waals surface area contributed by atoms with E-state index in [2.05, 4.69) is 15.1 Å². The molecule has 104 valence electrons. The highest BCUT2D eigenvalue weighted by atomic mass is 19.4. The zero-order chi connectivity index (χ0) is 14.3. The summed E-state index contributed by atoms with van der Waals surface area (Å²) in [4.78, 5) is 6.35. The minimum absolute atomic E-state index is 0.109. The number of hydrogen-bond donors (Lipinski definition) is 2. The Hall–Kier alpha value is -2.35. The SMILES string of the molecule is NCc1nc(-c2ccc3[nH]c(C(F)(F)F)cc3c2)no1. The fourth-order valence-corrected chi connectivity index (χ4v) is 1.88. The Balaban J connectivity index is 2.06. The van der Waals surface area contributed by atoms with Crippen LogP contribution in [0.15, 0.2) is 28.8 Å². The number of alkyl halides is 3. The smallest absolute Gasteiger partial charge is 0.351 e. The highest BCUT2D eigenvalue weighted by Gasteiger charge is 2.32. The Labute approximate surface area is 110 Å². The van der Waals surface area contributed by atoms with Crippen LogP contribution in [0, 0.1) is 0 Å². The van der Waals surface area contributed by atoms with E-state index in [1.807, 2.05) is 0 Å². The number of nitrogens with zero attached hydrogens (tertiary/aromatic N) is 2. The van der Waals surface area contributed by atoms with Gasteiger partial charge in [0.15, 0.2) is 0 Å². The first-order valence-electron chi connectivity index (χ1n) is 5.70. The van der Waals surface area contributed by atoms with Gasteiger partial charge in [-0.2, -0.15) is 18.2 Å². The van der Waals surface area contributed by atoms with Crippen LogP contribution in [0.1, 0.15) is 11.6 Å². The molecule has 0 amide bonds. The van der Waals surface area contributed by atoms with Crippen LogP contribution in [-0.4, -0.2) is 15.1 Å². The van der Waals surface area contributed by atoms with Gasteiger partial charge < -0.3 is 15.2 Å². The van der Waals surface area contributed by atoms with E-state index in [4.69, 9.17) is 10.3 Å². The quantitative estimate of drug-likeness (QED) is 0.757. The lowest BCUT2D eigenvalue weighted by Crippen LogP contribution is -2.04. The van der Waals surface area contributed by atoms with E-state index < -0.39 is 11.9 Å². The summed E-state index contributed by atoms with van der Waals surface area (Å²) in [7, 11) is 0. The Morgan fingerprint density at radius 1 is 1.25 bits per heavy atom. The van der Waals surface area contributed by atoms with Gasteiger partial charge in [0.1, 0.15) is 5.69 Å². The summed E-state index contributed by atoms with van der Waals surface area (Å²) in [6.45, 7) is 0.109. The van der Waals surface area contributed by atoms with Gasteiger partial charge in [-0.3, -0.25) is 0 Å². The maximum absolute atomic E-state index is 12.6. The van der Waals surface area contributed by atoms with Crippen LogP contribution in [0.3, 0.4) is 0 Å². The minimum Gasteiger partial charge on any atom is -0.351 e. The maximum atomic E-state index is 12.6. The topological polar surface area (TPSA) is 80.7 Å². The molecule has 0 saturated heterocycles. The second-order valence-electron chi connectivity index (χ2n) is 4.20. The van der Waals surface area contributed by atoms with Crippen LogP contribution in [0.2, 0.25) is 0 Å². The molecule has 0 aliphatic rings. The summed E-state index contributed by atoms with van der Waals surface area (Å²) in [6, 6.07) is 5.76. The summed E-state index contributed by atoms with van der Waals surface area (Å²) < 4.78 is 42.7. The number of aromatic amines is 1. The lowest BCUT2D eigenvalue weighted by atomic mass is 10.1. The monoisotopic (exact) mass is 282 g/mol. The van der Waals surface area contributed by atoms with E-state index in [1.54, 1.807) is 18.2 Å². The third-order valence-electron chi connectivity index (χ3n) is 2.83. The van der Waals surface area contributed by atoms with E-state index in [0.29, 0.717) is 22.3 Å². The Morgan fingerprint density at radius 2 is 2.05 bits per heavy atom. The van der Waals surface area contributed by atoms with E-state index in [1.165, 1.54) is 0 Å². The molecule has 0 unspecified atom stereocenters. The molecule has 0 aliphatic heterocycles. The Bertz CT molecular complexity index is 759. The van der Waals surface area contributed by atoms with Gasteiger partial charge in [0.25, 0.3) is 0 Å². The van der Waals surface area contributed by atoms with Crippen LogP contribution >= 0.6 is 0 Å². The molecule has 0 radical (unpaired) electrons. The molecule has 2 heterocycles. The molecule has 0 aliphatic carbocycles. The zero-order valence-corrected chi connectivity index (χ0v) is 10.0. The molecule has 1 aromatic carbocycles. The van der Waals surface area contributed by atoms with E-state index in [0.717, 1.165) is 6.07 Å². The second-order valence-corrected chi connectivity index (χ2v) is 4.20. The average Bonchev–Trinajstić information content (AvgIpc) is 3.03. The maximum Gasteiger partial charge on any atom is 0.431 e. The van der Waals surface area contributed by atoms with Crippen molar-refractivity contribution in [3.8, 4) is 11.4 Å². The zero-order valence-electron chi connectivity index (χ0n) is 10.0. The first kappa shape index (κ1) is 12.7. The van der Waals surface area contributed by atoms with Gasteiger partial charge in [0.05, 0.1) is 6.54 Å². The third-order valence-corrected chi connectivity index (χ3v) is 2.83. The number of fused-ring (bicyclic) bond motifs is 1. The minimum atomic E-state index is -4.40. The summed E-state index contributed by atoms with van der Waals surface area (Å²) in [5.41, 5.74) is 5.52. The molecule has 0 atom stereocenters. The summed E-state index contributed by atoms with van der Waals surface area (Å²) in [6.07, 6.45) is -4.40. The van der Waals surface area contributed by atoms with E-state index >= 15 is 0 Å².